The molecule has 5 nitrogen and oxygen atoms in total. The minimum Gasteiger partial charge on any atom is -0.342 e. The highest BCUT2D eigenvalue weighted by Gasteiger charge is 2.54. The lowest BCUT2D eigenvalue weighted by molar-refractivity contribution is -0.139. The Balaban J connectivity index is 1.26. The van der Waals surface area contributed by atoms with Gasteiger partial charge >= 0.3 is 0 Å². The molecule has 174 valence electrons. The second-order valence-electron chi connectivity index (χ2n) is 10.4. The van der Waals surface area contributed by atoms with Gasteiger partial charge in [-0.2, -0.15) is 0 Å². The van der Waals surface area contributed by atoms with Crippen LogP contribution in [-0.4, -0.2) is 72.8 Å². The fraction of sp³-hybridized carbons (Fsp3) is 0.500. The van der Waals surface area contributed by atoms with Gasteiger partial charge in [-0.1, -0.05) is 48.5 Å². The summed E-state index contributed by atoms with van der Waals surface area (Å²) in [5.74, 6) is 0.872. The molecule has 0 saturated carbocycles. The van der Waals surface area contributed by atoms with Crippen LogP contribution in [0.3, 0.4) is 0 Å². The van der Waals surface area contributed by atoms with Crippen LogP contribution >= 0.6 is 0 Å². The Kier molecular flexibility index (Phi) is 6.24. The van der Waals surface area contributed by atoms with E-state index in [4.69, 9.17) is 0 Å². The number of amides is 2. The molecule has 1 spiro atoms. The molecule has 3 aliphatic rings. The van der Waals surface area contributed by atoms with Crippen molar-refractivity contribution in [3.8, 4) is 0 Å². The highest BCUT2D eigenvalue weighted by atomic mass is 16.2. The molecule has 0 radical (unpaired) electrons. The number of carbonyl (C=O) groups excluding carboxylic acids is 2. The zero-order chi connectivity index (χ0) is 22.8. The van der Waals surface area contributed by atoms with E-state index in [2.05, 4.69) is 47.2 Å². The molecule has 3 aliphatic heterocycles. The molecule has 5 rings (SSSR count). The highest BCUT2D eigenvalue weighted by molar-refractivity contribution is 5.95. The number of hydrogen-bond donors (Lipinski definition) is 0. The van der Waals surface area contributed by atoms with Gasteiger partial charge in [0.2, 0.25) is 5.91 Å². The van der Waals surface area contributed by atoms with E-state index in [0.717, 1.165) is 51.9 Å². The molecule has 0 unspecified atom stereocenters. The largest absolute Gasteiger partial charge is 0.342 e. The Bertz CT molecular complexity index is 971. The Hall–Kier alpha value is -2.66. The lowest BCUT2D eigenvalue weighted by Crippen LogP contribution is -2.47. The van der Waals surface area contributed by atoms with Crippen molar-refractivity contribution in [3.63, 3.8) is 0 Å². The van der Waals surface area contributed by atoms with E-state index >= 15 is 0 Å². The van der Waals surface area contributed by atoms with Crippen LogP contribution in [-0.2, 0) is 11.2 Å². The van der Waals surface area contributed by atoms with Crippen molar-refractivity contribution < 1.29 is 9.59 Å². The van der Waals surface area contributed by atoms with E-state index in [-0.39, 0.29) is 23.1 Å². The van der Waals surface area contributed by atoms with Crippen LogP contribution in [0.1, 0.15) is 35.2 Å². The van der Waals surface area contributed by atoms with Crippen molar-refractivity contribution in [1.29, 1.82) is 0 Å². The number of carbonyl (C=O) groups is 2. The van der Waals surface area contributed by atoms with Crippen LogP contribution in [0.15, 0.2) is 60.7 Å². The predicted octanol–water partition coefficient (Wildman–Crippen LogP) is 3.56. The SMILES string of the molecule is CN1CC[C@@]2(C1)CN(C(=O)c1ccccc1)C[C@H]2C(=O)N1CCC(Cc2ccccc2)CC1. The van der Waals surface area contributed by atoms with Gasteiger partial charge in [-0.3, -0.25) is 9.59 Å². The van der Waals surface area contributed by atoms with Crippen LogP contribution in [0.25, 0.3) is 0 Å². The predicted molar refractivity (Wildman–Crippen MR) is 130 cm³/mol. The van der Waals surface area contributed by atoms with Crippen LogP contribution in [0.5, 0.6) is 0 Å². The Morgan fingerprint density at radius 1 is 0.879 bits per heavy atom. The number of likely N-dealkylation sites (tertiary alicyclic amines) is 3. The summed E-state index contributed by atoms with van der Waals surface area (Å²) in [5, 5.41) is 0. The maximum absolute atomic E-state index is 13.8. The first kappa shape index (κ1) is 22.1. The van der Waals surface area contributed by atoms with Crippen molar-refractivity contribution in [2.75, 3.05) is 46.3 Å². The smallest absolute Gasteiger partial charge is 0.253 e. The fourth-order valence-electron chi connectivity index (χ4n) is 6.27. The maximum Gasteiger partial charge on any atom is 0.253 e. The van der Waals surface area contributed by atoms with Gasteiger partial charge in [0.25, 0.3) is 5.91 Å². The summed E-state index contributed by atoms with van der Waals surface area (Å²) < 4.78 is 0. The molecule has 0 aromatic heterocycles. The van der Waals surface area contributed by atoms with Gasteiger partial charge in [0, 0.05) is 43.7 Å². The molecular formula is C28H35N3O2. The number of rotatable bonds is 4. The monoisotopic (exact) mass is 445 g/mol. The average Bonchev–Trinajstić information content (AvgIpc) is 3.42. The third kappa shape index (κ3) is 4.56. The average molecular weight is 446 g/mol. The quantitative estimate of drug-likeness (QED) is 0.723. The lowest BCUT2D eigenvalue weighted by atomic mass is 9.76. The summed E-state index contributed by atoms with van der Waals surface area (Å²) in [6.45, 7) is 4.80. The van der Waals surface area contributed by atoms with Crippen molar-refractivity contribution >= 4 is 11.8 Å². The Labute approximate surface area is 197 Å². The molecule has 3 saturated heterocycles. The van der Waals surface area contributed by atoms with Crippen molar-refractivity contribution in [1.82, 2.24) is 14.7 Å². The van der Waals surface area contributed by atoms with Gasteiger partial charge < -0.3 is 14.7 Å². The Morgan fingerprint density at radius 2 is 1.55 bits per heavy atom. The van der Waals surface area contributed by atoms with Gasteiger partial charge in [0.1, 0.15) is 0 Å². The van der Waals surface area contributed by atoms with Gasteiger partial charge in [-0.05, 0) is 62.9 Å². The summed E-state index contributed by atoms with van der Waals surface area (Å²) in [6.07, 6.45) is 4.21. The van der Waals surface area contributed by atoms with Crippen LogP contribution in [0.2, 0.25) is 0 Å². The number of hydrogen-bond acceptors (Lipinski definition) is 3. The van der Waals surface area contributed by atoms with E-state index in [0.29, 0.717) is 24.6 Å². The minimum atomic E-state index is -0.114. The highest BCUT2D eigenvalue weighted by Crippen LogP contribution is 2.45. The van der Waals surface area contributed by atoms with Gasteiger partial charge in [-0.15, -0.1) is 0 Å². The second-order valence-corrected chi connectivity index (χ2v) is 10.4. The Morgan fingerprint density at radius 3 is 2.18 bits per heavy atom. The summed E-state index contributed by atoms with van der Waals surface area (Å²) in [5.41, 5.74) is 1.99. The summed E-state index contributed by atoms with van der Waals surface area (Å²) in [4.78, 5) is 33.4. The van der Waals surface area contributed by atoms with Crippen molar-refractivity contribution in [3.05, 3.63) is 71.8 Å². The number of nitrogens with zero attached hydrogens (tertiary/aromatic N) is 3. The maximum atomic E-state index is 13.8. The van der Waals surface area contributed by atoms with Crippen LogP contribution < -0.4 is 0 Å². The molecule has 33 heavy (non-hydrogen) atoms. The molecule has 5 heteroatoms. The van der Waals surface area contributed by atoms with E-state index in [9.17, 15) is 9.59 Å². The first-order chi connectivity index (χ1) is 16.0. The first-order valence-electron chi connectivity index (χ1n) is 12.4. The van der Waals surface area contributed by atoms with Gasteiger partial charge in [0.05, 0.1) is 5.92 Å². The number of benzene rings is 2. The molecule has 0 N–H and O–H groups in total. The van der Waals surface area contributed by atoms with Gasteiger partial charge in [-0.25, -0.2) is 0 Å². The second kappa shape index (κ2) is 9.30. The summed E-state index contributed by atoms with van der Waals surface area (Å²) in [6, 6.07) is 20.2. The van der Waals surface area contributed by atoms with E-state index in [1.165, 1.54) is 5.56 Å². The van der Waals surface area contributed by atoms with E-state index in [1.54, 1.807) is 0 Å². The number of piperidine rings is 1. The molecule has 3 fully saturated rings. The van der Waals surface area contributed by atoms with E-state index in [1.807, 2.05) is 35.2 Å². The van der Waals surface area contributed by atoms with Crippen LogP contribution in [0.4, 0.5) is 0 Å². The van der Waals surface area contributed by atoms with Gasteiger partial charge in [0.15, 0.2) is 0 Å². The van der Waals surface area contributed by atoms with Crippen molar-refractivity contribution in [2.45, 2.75) is 25.7 Å². The molecule has 0 bridgehead atoms. The van der Waals surface area contributed by atoms with Crippen LogP contribution in [0, 0.1) is 17.3 Å². The molecule has 0 aliphatic carbocycles. The molecule has 2 aromatic carbocycles. The van der Waals surface area contributed by atoms with E-state index < -0.39 is 0 Å². The third-order valence-electron chi connectivity index (χ3n) is 8.12. The third-order valence-corrected chi connectivity index (χ3v) is 8.12. The molecule has 2 aromatic rings. The lowest BCUT2D eigenvalue weighted by Gasteiger charge is -2.37. The first-order valence-corrected chi connectivity index (χ1v) is 12.4. The molecule has 3 heterocycles. The minimum absolute atomic E-state index is 0.0568. The molecule has 2 atom stereocenters. The summed E-state index contributed by atoms with van der Waals surface area (Å²) >= 11 is 0. The zero-order valence-electron chi connectivity index (χ0n) is 19.7. The summed E-state index contributed by atoms with van der Waals surface area (Å²) in [7, 11) is 2.13. The topological polar surface area (TPSA) is 43.9 Å². The van der Waals surface area contributed by atoms with Crippen molar-refractivity contribution in [2.24, 2.45) is 17.3 Å². The molecule has 2 amide bonds. The normalized spacial score (nSPS) is 26.3. The standard InChI is InChI=1S/C28H35N3O2/c1-29-17-14-28(20-29)21-31(26(32)24-10-6-3-7-11-24)19-25(28)27(33)30-15-12-23(13-16-30)18-22-8-4-2-5-9-22/h2-11,23,25H,12-21H2,1H3/t25-,28+/m0/s1. The fourth-order valence-corrected chi connectivity index (χ4v) is 6.27. The molecular weight excluding hydrogens is 410 g/mol. The zero-order valence-corrected chi connectivity index (χ0v) is 19.7.